The number of hydrogen-bond donors (Lipinski definition) is 8. The molecule has 0 rings (SSSR count). The van der Waals surface area contributed by atoms with Crippen molar-refractivity contribution in [3.8, 4) is 0 Å². The summed E-state index contributed by atoms with van der Waals surface area (Å²) < 4.78 is 5.26. The minimum absolute atomic E-state index is 0.0396. The zero-order chi connectivity index (χ0) is 32.3. The SMILES string of the molecule is CC(C)C[C@H](NC(=O)OC(C)(C)C)C(=O)N[C@H](CCCCN)C(=O)NCC(=O)NCC(=O)N[C@@H](CCCCN)C(=O)O. The molecule has 15 nitrogen and oxygen atoms in total. The van der Waals surface area contributed by atoms with Crippen molar-refractivity contribution in [3.05, 3.63) is 0 Å². The Morgan fingerprint density at radius 2 is 1.26 bits per heavy atom. The molecule has 0 aliphatic heterocycles. The van der Waals surface area contributed by atoms with E-state index in [1.807, 2.05) is 13.8 Å². The van der Waals surface area contributed by atoms with E-state index in [4.69, 9.17) is 16.2 Å². The summed E-state index contributed by atoms with van der Waals surface area (Å²) in [6, 6.07) is -3.08. The summed E-state index contributed by atoms with van der Waals surface area (Å²) in [5.74, 6) is -3.76. The van der Waals surface area contributed by atoms with Gasteiger partial charge in [-0.1, -0.05) is 13.8 Å². The number of alkyl carbamates (subject to hydrolysis) is 1. The third kappa shape index (κ3) is 18.8. The lowest BCUT2D eigenvalue weighted by Gasteiger charge is -2.26. The topological polar surface area (TPSA) is 244 Å². The molecule has 0 saturated carbocycles. The van der Waals surface area contributed by atoms with Crippen LogP contribution in [0.3, 0.4) is 0 Å². The first kappa shape index (κ1) is 38.5. The van der Waals surface area contributed by atoms with Gasteiger partial charge in [-0.15, -0.1) is 0 Å². The summed E-state index contributed by atoms with van der Waals surface area (Å²) in [5.41, 5.74) is 10.2. The number of ether oxygens (including phenoxy) is 1. The van der Waals surface area contributed by atoms with E-state index in [9.17, 15) is 33.9 Å². The van der Waals surface area contributed by atoms with Crippen molar-refractivity contribution >= 4 is 35.7 Å². The largest absolute Gasteiger partial charge is 0.480 e. The van der Waals surface area contributed by atoms with Gasteiger partial charge in [0.15, 0.2) is 0 Å². The minimum Gasteiger partial charge on any atom is -0.480 e. The van der Waals surface area contributed by atoms with Crippen LogP contribution in [0.15, 0.2) is 0 Å². The van der Waals surface area contributed by atoms with Gasteiger partial charge in [-0.2, -0.15) is 0 Å². The van der Waals surface area contributed by atoms with Gasteiger partial charge >= 0.3 is 12.1 Å². The molecule has 0 bridgehead atoms. The highest BCUT2D eigenvalue weighted by Gasteiger charge is 2.29. The van der Waals surface area contributed by atoms with E-state index < -0.39 is 72.5 Å². The molecule has 10 N–H and O–H groups in total. The van der Waals surface area contributed by atoms with Crippen LogP contribution < -0.4 is 38.1 Å². The molecule has 0 aliphatic carbocycles. The quantitative estimate of drug-likeness (QED) is 0.0829. The van der Waals surface area contributed by atoms with Gasteiger partial charge in [0.05, 0.1) is 13.1 Å². The van der Waals surface area contributed by atoms with Crippen molar-refractivity contribution in [3.63, 3.8) is 0 Å². The molecule has 0 aliphatic rings. The summed E-state index contributed by atoms with van der Waals surface area (Å²) >= 11 is 0. The highest BCUT2D eigenvalue weighted by atomic mass is 16.6. The molecule has 3 atom stereocenters. The lowest BCUT2D eigenvalue weighted by Crippen LogP contribution is -2.55. The number of unbranched alkanes of at least 4 members (excludes halogenated alkanes) is 2. The summed E-state index contributed by atoms with van der Waals surface area (Å²) in [4.78, 5) is 74.0. The predicted molar refractivity (Wildman–Crippen MR) is 156 cm³/mol. The highest BCUT2D eigenvalue weighted by molar-refractivity contribution is 5.93. The van der Waals surface area contributed by atoms with Crippen LogP contribution in [0.2, 0.25) is 0 Å². The molecule has 0 unspecified atom stereocenters. The Hall–Kier alpha value is -3.46. The van der Waals surface area contributed by atoms with Gasteiger partial charge in [-0.05, 0) is 84.7 Å². The Balaban J connectivity index is 5.12. The standard InChI is InChI=1S/C27H51N7O8/c1-17(2)14-20(34-26(41)42-27(3,4)5)24(38)33-18(10-6-8-12-28)23(37)31-15-21(35)30-16-22(36)32-19(25(39)40)11-7-9-13-29/h17-20H,6-16,28-29H2,1-5H3,(H,30,35)(H,31,37)(H,32,36)(H,33,38)(H,34,41)(H,39,40)/t18-,19+,20+/m1/s1. The number of carboxylic acids is 1. The fourth-order valence-corrected chi connectivity index (χ4v) is 3.71. The Kier molecular flexibility index (Phi) is 18.7. The summed E-state index contributed by atoms with van der Waals surface area (Å²) in [7, 11) is 0. The molecule has 0 saturated heterocycles. The molecule has 5 amide bonds. The molecule has 15 heteroatoms. The van der Waals surface area contributed by atoms with Crippen LogP contribution in [0.5, 0.6) is 0 Å². The number of carbonyl (C=O) groups excluding carboxylic acids is 5. The smallest absolute Gasteiger partial charge is 0.408 e. The molecule has 0 heterocycles. The van der Waals surface area contributed by atoms with Crippen molar-refractivity contribution in [2.24, 2.45) is 17.4 Å². The monoisotopic (exact) mass is 601 g/mol. The van der Waals surface area contributed by atoms with Crippen molar-refractivity contribution in [2.75, 3.05) is 26.2 Å². The molecule has 0 aromatic carbocycles. The molecule has 0 aromatic rings. The first-order valence-corrected chi connectivity index (χ1v) is 14.4. The van der Waals surface area contributed by atoms with Crippen molar-refractivity contribution < 1.29 is 38.6 Å². The fraction of sp³-hybridized carbons (Fsp3) is 0.778. The molecular formula is C27H51N7O8. The zero-order valence-corrected chi connectivity index (χ0v) is 25.5. The number of nitrogens with one attached hydrogen (secondary N) is 5. The number of carboxylic acid groups (broad SMARTS) is 1. The van der Waals surface area contributed by atoms with Crippen LogP contribution in [0.25, 0.3) is 0 Å². The van der Waals surface area contributed by atoms with E-state index in [1.165, 1.54) is 0 Å². The van der Waals surface area contributed by atoms with E-state index in [0.717, 1.165) is 0 Å². The number of carbonyl (C=O) groups is 6. The molecule has 42 heavy (non-hydrogen) atoms. The lowest BCUT2D eigenvalue weighted by molar-refractivity contribution is -0.142. The second-order valence-electron chi connectivity index (χ2n) is 11.4. The van der Waals surface area contributed by atoms with E-state index in [1.54, 1.807) is 20.8 Å². The van der Waals surface area contributed by atoms with Gasteiger partial charge in [-0.25, -0.2) is 9.59 Å². The van der Waals surface area contributed by atoms with Gasteiger partial charge in [0.25, 0.3) is 0 Å². The van der Waals surface area contributed by atoms with Crippen LogP contribution in [0, 0.1) is 5.92 Å². The molecule has 0 aromatic heterocycles. The number of amides is 5. The molecular weight excluding hydrogens is 550 g/mol. The normalized spacial score (nSPS) is 13.3. The van der Waals surface area contributed by atoms with Crippen molar-refractivity contribution in [1.82, 2.24) is 26.6 Å². The lowest BCUT2D eigenvalue weighted by atomic mass is 10.0. The number of rotatable bonds is 20. The Labute approximate surface area is 248 Å². The second kappa shape index (κ2) is 20.4. The first-order valence-electron chi connectivity index (χ1n) is 14.4. The summed E-state index contributed by atoms with van der Waals surface area (Å²) in [6.45, 7) is 8.67. The maximum absolute atomic E-state index is 13.1. The van der Waals surface area contributed by atoms with Crippen LogP contribution in [-0.4, -0.2) is 90.7 Å². The van der Waals surface area contributed by atoms with E-state index in [-0.39, 0.29) is 18.8 Å². The third-order valence-corrected chi connectivity index (χ3v) is 5.74. The fourth-order valence-electron chi connectivity index (χ4n) is 3.71. The van der Waals surface area contributed by atoms with Gasteiger partial charge < -0.3 is 47.9 Å². The number of nitrogens with two attached hydrogens (primary N) is 2. The maximum Gasteiger partial charge on any atom is 0.408 e. The predicted octanol–water partition coefficient (Wildman–Crippen LogP) is -0.530. The van der Waals surface area contributed by atoms with Gasteiger partial charge in [0.1, 0.15) is 23.7 Å². The van der Waals surface area contributed by atoms with E-state index in [0.29, 0.717) is 45.2 Å². The molecule has 0 fully saturated rings. The third-order valence-electron chi connectivity index (χ3n) is 5.74. The maximum atomic E-state index is 13.1. The average Bonchev–Trinajstić information content (AvgIpc) is 2.87. The van der Waals surface area contributed by atoms with Crippen LogP contribution in [-0.2, 0) is 28.7 Å². The van der Waals surface area contributed by atoms with Gasteiger partial charge in [-0.3, -0.25) is 19.2 Å². The number of aliphatic carboxylic acids is 1. The molecule has 242 valence electrons. The van der Waals surface area contributed by atoms with Gasteiger partial charge in [0.2, 0.25) is 23.6 Å². The van der Waals surface area contributed by atoms with Crippen LogP contribution in [0.1, 0.15) is 79.6 Å². The summed E-state index contributed by atoms with van der Waals surface area (Å²) in [6.07, 6.45) is 2.22. The zero-order valence-electron chi connectivity index (χ0n) is 25.5. The Morgan fingerprint density at radius 1 is 0.714 bits per heavy atom. The average molecular weight is 602 g/mol. The van der Waals surface area contributed by atoms with E-state index >= 15 is 0 Å². The second-order valence-corrected chi connectivity index (χ2v) is 11.4. The highest BCUT2D eigenvalue weighted by Crippen LogP contribution is 2.11. The molecule has 0 radical (unpaired) electrons. The van der Waals surface area contributed by atoms with Crippen LogP contribution in [0.4, 0.5) is 4.79 Å². The van der Waals surface area contributed by atoms with Crippen LogP contribution >= 0.6 is 0 Å². The Bertz CT molecular complexity index is 892. The van der Waals surface area contributed by atoms with Gasteiger partial charge in [0, 0.05) is 0 Å². The summed E-state index contributed by atoms with van der Waals surface area (Å²) in [5, 5.41) is 21.6. The Morgan fingerprint density at radius 3 is 1.76 bits per heavy atom. The molecule has 0 spiro atoms. The first-order chi connectivity index (χ1) is 19.6. The van der Waals surface area contributed by atoms with E-state index in [2.05, 4.69) is 26.6 Å². The van der Waals surface area contributed by atoms with Crippen molar-refractivity contribution in [2.45, 2.75) is 103 Å². The minimum atomic E-state index is -1.20. The van der Waals surface area contributed by atoms with Crippen molar-refractivity contribution in [1.29, 1.82) is 0 Å². The number of hydrogen-bond acceptors (Lipinski definition) is 9.